The largest absolute Gasteiger partial charge is 0.478 e. The molecule has 0 fully saturated rings. The molecule has 0 amide bonds. The van der Waals surface area contributed by atoms with E-state index >= 15 is 0 Å². The predicted octanol–water partition coefficient (Wildman–Crippen LogP) is 3.29. The summed E-state index contributed by atoms with van der Waals surface area (Å²) in [7, 11) is 0. The highest BCUT2D eigenvalue weighted by Crippen LogP contribution is 2.16. The molecule has 0 radical (unpaired) electrons. The maximum atomic E-state index is 13.6. The lowest BCUT2D eigenvalue weighted by atomic mass is 10.1. The maximum absolute atomic E-state index is 13.6. The summed E-state index contributed by atoms with van der Waals surface area (Å²) < 4.78 is 14.4. The maximum Gasteiger partial charge on any atom is 0.335 e. The Labute approximate surface area is 117 Å². The lowest BCUT2D eigenvalue weighted by molar-refractivity contribution is 0.0696. The number of carboxylic acid groups (broad SMARTS) is 1. The fraction of sp³-hybridized carbons (Fsp3) is 0.0769. The molecule has 2 aromatic rings. The van der Waals surface area contributed by atoms with Crippen molar-refractivity contribution in [2.45, 2.75) is 6.54 Å². The van der Waals surface area contributed by atoms with Crippen molar-refractivity contribution in [3.8, 4) is 0 Å². The van der Waals surface area contributed by atoms with Gasteiger partial charge in [-0.2, -0.15) is 0 Å². The molecule has 0 unspecified atom stereocenters. The van der Waals surface area contributed by atoms with Gasteiger partial charge < -0.3 is 10.4 Å². The third-order valence-corrected chi connectivity index (χ3v) is 2.91. The molecule has 0 spiro atoms. The summed E-state index contributed by atoms with van der Waals surface area (Å²) in [5.41, 5.74) is 1.07. The van der Waals surface area contributed by atoms with Crippen molar-refractivity contribution >= 4 is 27.6 Å². The van der Waals surface area contributed by atoms with Crippen LogP contribution in [0.2, 0.25) is 0 Å². The van der Waals surface area contributed by atoms with Gasteiger partial charge >= 0.3 is 5.97 Å². The topological polar surface area (TPSA) is 62.2 Å². The Bertz CT molecular complexity index is 619. The van der Waals surface area contributed by atoms with Crippen molar-refractivity contribution < 1.29 is 14.3 Å². The van der Waals surface area contributed by atoms with Crippen molar-refractivity contribution in [1.29, 1.82) is 0 Å². The second-order valence-electron chi connectivity index (χ2n) is 3.86. The number of pyridine rings is 1. The van der Waals surface area contributed by atoms with Crippen molar-refractivity contribution in [3.63, 3.8) is 0 Å². The molecule has 98 valence electrons. The van der Waals surface area contributed by atoms with Crippen LogP contribution >= 0.6 is 15.9 Å². The van der Waals surface area contributed by atoms with Gasteiger partial charge in [0.15, 0.2) is 0 Å². The quantitative estimate of drug-likeness (QED) is 0.905. The van der Waals surface area contributed by atoms with Gasteiger partial charge in [-0.25, -0.2) is 9.18 Å². The Morgan fingerprint density at radius 3 is 2.84 bits per heavy atom. The van der Waals surface area contributed by atoms with Crippen LogP contribution in [-0.4, -0.2) is 16.1 Å². The number of carbonyl (C=O) groups is 1. The number of carboxylic acids is 1. The van der Waals surface area contributed by atoms with Crippen molar-refractivity contribution in [2.24, 2.45) is 0 Å². The van der Waals surface area contributed by atoms with Crippen LogP contribution in [0.1, 0.15) is 15.9 Å². The molecule has 0 aliphatic heterocycles. The van der Waals surface area contributed by atoms with Gasteiger partial charge in [-0.05, 0) is 40.2 Å². The van der Waals surface area contributed by atoms with E-state index in [4.69, 9.17) is 5.11 Å². The highest BCUT2D eigenvalue weighted by molar-refractivity contribution is 9.10. The summed E-state index contributed by atoms with van der Waals surface area (Å²) in [5.74, 6) is -1.52. The number of halogens is 2. The highest BCUT2D eigenvalue weighted by atomic mass is 79.9. The Hall–Kier alpha value is -1.95. The van der Waals surface area contributed by atoms with Crippen molar-refractivity contribution in [3.05, 3.63) is 58.1 Å². The van der Waals surface area contributed by atoms with Gasteiger partial charge in [-0.3, -0.25) is 4.98 Å². The Morgan fingerprint density at radius 2 is 2.16 bits per heavy atom. The molecule has 1 aromatic heterocycles. The van der Waals surface area contributed by atoms with E-state index in [0.29, 0.717) is 5.56 Å². The lowest BCUT2D eigenvalue weighted by Gasteiger charge is -2.08. The smallest absolute Gasteiger partial charge is 0.335 e. The Morgan fingerprint density at radius 1 is 1.37 bits per heavy atom. The summed E-state index contributed by atoms with van der Waals surface area (Å²) in [6.07, 6.45) is 3.24. The molecule has 0 aliphatic carbocycles. The van der Waals surface area contributed by atoms with Gasteiger partial charge in [-0.15, -0.1) is 0 Å². The Balaban J connectivity index is 2.15. The molecule has 0 saturated carbocycles. The molecule has 0 atom stereocenters. The van der Waals surface area contributed by atoms with Gasteiger partial charge in [0.2, 0.25) is 0 Å². The molecule has 1 aromatic carbocycles. The van der Waals surface area contributed by atoms with Crippen LogP contribution in [0.25, 0.3) is 0 Å². The monoisotopic (exact) mass is 324 g/mol. The first-order valence-electron chi connectivity index (χ1n) is 5.42. The van der Waals surface area contributed by atoms with Crippen LogP contribution in [0.3, 0.4) is 0 Å². The zero-order valence-corrected chi connectivity index (χ0v) is 11.3. The fourth-order valence-corrected chi connectivity index (χ4v) is 1.91. The number of nitrogens with zero attached hydrogens (tertiary/aromatic N) is 1. The second-order valence-corrected chi connectivity index (χ2v) is 4.77. The first-order chi connectivity index (χ1) is 9.06. The number of aromatic carboxylic acids is 1. The van der Waals surface area contributed by atoms with Crippen molar-refractivity contribution in [2.75, 3.05) is 5.32 Å². The third kappa shape index (κ3) is 3.51. The van der Waals surface area contributed by atoms with Gasteiger partial charge in [0.25, 0.3) is 0 Å². The number of rotatable bonds is 4. The van der Waals surface area contributed by atoms with Gasteiger partial charge in [-0.1, -0.05) is 0 Å². The molecule has 19 heavy (non-hydrogen) atoms. The van der Waals surface area contributed by atoms with E-state index in [1.54, 1.807) is 18.5 Å². The first-order valence-corrected chi connectivity index (χ1v) is 6.21. The van der Waals surface area contributed by atoms with Crippen LogP contribution in [0.15, 0.2) is 41.1 Å². The molecule has 2 rings (SSSR count). The van der Waals surface area contributed by atoms with E-state index in [1.807, 2.05) is 0 Å². The average molecular weight is 325 g/mol. The predicted molar refractivity (Wildman–Crippen MR) is 72.6 cm³/mol. The number of anilines is 1. The molecule has 0 aliphatic rings. The number of benzene rings is 1. The molecule has 6 heteroatoms. The lowest BCUT2D eigenvalue weighted by Crippen LogP contribution is -2.05. The van der Waals surface area contributed by atoms with Crippen LogP contribution < -0.4 is 5.32 Å². The average Bonchev–Trinajstić information content (AvgIpc) is 2.37. The summed E-state index contributed by atoms with van der Waals surface area (Å²) >= 11 is 3.28. The summed E-state index contributed by atoms with van der Waals surface area (Å²) in [6.45, 7) is 0.186. The second kappa shape index (κ2) is 5.79. The van der Waals surface area contributed by atoms with Crippen LogP contribution in [0.4, 0.5) is 10.1 Å². The van der Waals surface area contributed by atoms with Gasteiger partial charge in [0.05, 0.1) is 17.4 Å². The van der Waals surface area contributed by atoms with Crippen LogP contribution in [0.5, 0.6) is 0 Å². The van der Waals surface area contributed by atoms with E-state index in [-0.39, 0.29) is 12.1 Å². The minimum absolute atomic E-state index is 0.0607. The molecule has 1 heterocycles. The van der Waals surface area contributed by atoms with Crippen molar-refractivity contribution in [1.82, 2.24) is 4.98 Å². The van der Waals surface area contributed by atoms with E-state index < -0.39 is 11.8 Å². The van der Waals surface area contributed by atoms with Gasteiger partial charge in [0, 0.05) is 22.8 Å². The van der Waals surface area contributed by atoms with Gasteiger partial charge in [0.1, 0.15) is 5.82 Å². The number of nitrogens with one attached hydrogen (secondary N) is 1. The van der Waals surface area contributed by atoms with Crippen LogP contribution in [-0.2, 0) is 6.54 Å². The molecular weight excluding hydrogens is 315 g/mol. The third-order valence-electron chi connectivity index (χ3n) is 2.48. The Kier molecular flexibility index (Phi) is 4.11. The highest BCUT2D eigenvalue weighted by Gasteiger charge is 2.08. The molecule has 0 saturated heterocycles. The first kappa shape index (κ1) is 13.5. The summed E-state index contributed by atoms with van der Waals surface area (Å²) in [5, 5.41) is 11.8. The minimum Gasteiger partial charge on any atom is -0.478 e. The number of hydrogen-bond donors (Lipinski definition) is 2. The molecule has 2 N–H and O–H groups in total. The van der Waals surface area contributed by atoms with E-state index in [9.17, 15) is 9.18 Å². The number of hydrogen-bond acceptors (Lipinski definition) is 3. The zero-order valence-electron chi connectivity index (χ0n) is 9.73. The van der Waals surface area contributed by atoms with Crippen LogP contribution in [0, 0.1) is 5.82 Å². The van der Waals surface area contributed by atoms with E-state index in [0.717, 1.165) is 16.2 Å². The van der Waals surface area contributed by atoms with E-state index in [1.165, 1.54) is 12.1 Å². The summed E-state index contributed by atoms with van der Waals surface area (Å²) in [6, 6.07) is 5.50. The molecular formula is C13H10BrFN2O2. The molecule has 4 nitrogen and oxygen atoms in total. The number of aromatic nitrogens is 1. The fourth-order valence-electron chi connectivity index (χ4n) is 1.55. The SMILES string of the molecule is O=C(O)c1ccc(F)c(CNc2cncc(Br)c2)c1. The molecule has 0 bridgehead atoms. The minimum atomic E-state index is -1.08. The standard InChI is InChI=1S/C13H10BrFN2O2/c14-10-4-11(7-16-6-10)17-5-9-3-8(13(18)19)1-2-12(9)15/h1-4,6-7,17H,5H2,(H,18,19). The zero-order chi connectivity index (χ0) is 13.8. The normalized spacial score (nSPS) is 10.2. The summed E-state index contributed by atoms with van der Waals surface area (Å²) in [4.78, 5) is 14.8. The van der Waals surface area contributed by atoms with E-state index in [2.05, 4.69) is 26.2 Å².